The maximum absolute atomic E-state index is 8.00. The van der Waals surface area contributed by atoms with Crippen molar-refractivity contribution in [2.45, 2.75) is 0 Å². The Hall–Kier alpha value is 0.723. The molecule has 0 N–H and O–H groups in total. The second-order valence-electron chi connectivity index (χ2n) is 0. The van der Waals surface area contributed by atoms with Crippen molar-refractivity contribution < 1.29 is 28.6 Å². The third-order valence-electron chi connectivity index (χ3n) is 0. The molecule has 0 saturated heterocycles. The zero-order chi connectivity index (χ0) is 2.00. The average molecular weight is 170 g/mol. The van der Waals surface area contributed by atoms with Crippen molar-refractivity contribution >= 4 is 16.7 Å². The van der Waals surface area contributed by atoms with Crippen LogP contribution in [-0.4, -0.2) is 6.79 Å². The van der Waals surface area contributed by atoms with Crippen LogP contribution < -0.4 is 0 Å². The van der Waals surface area contributed by atoms with Crippen molar-refractivity contribution in [2.24, 2.45) is 0 Å². The van der Waals surface area contributed by atoms with Crippen molar-refractivity contribution in [3.05, 3.63) is 0 Å². The minimum absolute atomic E-state index is 0. The molecule has 0 heterocycles. The fourth-order valence-electron chi connectivity index (χ4n) is 0. The number of hydrogen-bond donors (Lipinski definition) is 0. The van der Waals surface area contributed by atoms with Gasteiger partial charge in [0, 0.05) is 0 Å². The maximum Gasteiger partial charge on any atom is 3.00 e. The van der Waals surface area contributed by atoms with E-state index in [4.69, 9.17) is 4.79 Å². The third kappa shape index (κ3) is 15.5. The molecular weight excluding hydrogens is 162 g/mol. The largest absolute Gasteiger partial charge is 3.00 e. The Morgan fingerprint density at radius 1 is 1.50 bits per heavy atom. The first-order valence-corrected chi connectivity index (χ1v) is 0.289. The monoisotopic (exact) mass is 170 g/mol. The zero-order valence-corrected chi connectivity index (χ0v) is 5.21. The molecule has 1 unspecified atom stereocenters. The third-order valence-corrected chi connectivity index (χ3v) is 0. The van der Waals surface area contributed by atoms with E-state index in [0.29, 0.717) is 0 Å². The summed E-state index contributed by atoms with van der Waals surface area (Å²) >= 11 is 0. The van der Waals surface area contributed by atoms with E-state index in [1.165, 1.54) is 0 Å². The van der Waals surface area contributed by atoms with Gasteiger partial charge >= 0.3 is 19.5 Å². The van der Waals surface area contributed by atoms with Gasteiger partial charge in [-0.25, -0.2) is 0 Å². The average Bonchev–Trinajstić information content (AvgIpc) is 1.00. The molecular formula is CH8OPRh. The number of carbonyl (C=O) groups excluding carboxylic acids is 1. The van der Waals surface area contributed by atoms with Gasteiger partial charge in [0.2, 0.25) is 0 Å². The second-order valence-corrected chi connectivity index (χ2v) is 0. The van der Waals surface area contributed by atoms with Gasteiger partial charge in [-0.15, -0.1) is 0 Å². The Morgan fingerprint density at radius 3 is 1.50 bits per heavy atom. The van der Waals surface area contributed by atoms with E-state index < -0.39 is 0 Å². The molecule has 0 saturated carbocycles. The van der Waals surface area contributed by atoms with E-state index in [1.807, 2.05) is 6.79 Å². The van der Waals surface area contributed by atoms with Crippen molar-refractivity contribution in [1.82, 2.24) is 0 Å². The van der Waals surface area contributed by atoms with Crippen LogP contribution in [0.1, 0.15) is 4.28 Å². The van der Waals surface area contributed by atoms with Gasteiger partial charge in [-0.1, -0.05) is 0 Å². The van der Waals surface area contributed by atoms with Crippen LogP contribution in [-0.2, 0) is 24.3 Å². The first kappa shape index (κ1) is 22.0. The molecule has 3 heteroatoms. The standard InChI is InChI=1S/CH2O.H3P.Rh.3H/c1-2;;;;;/h1H2;1H3;;;;/q;;+3;3*-1. The summed E-state index contributed by atoms with van der Waals surface area (Å²) in [5.74, 6) is 0. The van der Waals surface area contributed by atoms with Crippen molar-refractivity contribution in [3.8, 4) is 0 Å². The molecule has 0 radical (unpaired) electrons. The van der Waals surface area contributed by atoms with Crippen molar-refractivity contribution in [2.75, 3.05) is 0 Å². The molecule has 0 aromatic carbocycles. The smallest absolute Gasteiger partial charge is 1.00 e. The Labute approximate surface area is 46.0 Å². The Balaban J connectivity index is -0.000000000500. The molecule has 32 valence electrons. The predicted molar refractivity (Wildman–Crippen MR) is 21.6 cm³/mol. The fourth-order valence-corrected chi connectivity index (χ4v) is 0. The van der Waals surface area contributed by atoms with Crippen molar-refractivity contribution in [3.63, 3.8) is 0 Å². The van der Waals surface area contributed by atoms with Crippen molar-refractivity contribution in [1.29, 1.82) is 0 Å². The van der Waals surface area contributed by atoms with Gasteiger partial charge in [-0.2, -0.15) is 9.90 Å². The first-order chi connectivity index (χ1) is 1.00. The molecule has 0 amide bonds. The van der Waals surface area contributed by atoms with Gasteiger partial charge in [0.1, 0.15) is 6.79 Å². The van der Waals surface area contributed by atoms with E-state index >= 15 is 0 Å². The molecule has 0 rings (SSSR count). The van der Waals surface area contributed by atoms with Gasteiger partial charge in [0.15, 0.2) is 0 Å². The van der Waals surface area contributed by atoms with Gasteiger partial charge in [0.25, 0.3) is 0 Å². The molecule has 0 bridgehead atoms. The number of hydrogen-bond acceptors (Lipinski definition) is 1. The topological polar surface area (TPSA) is 17.1 Å². The van der Waals surface area contributed by atoms with Gasteiger partial charge in [-0.05, 0) is 0 Å². The minimum atomic E-state index is 0. The van der Waals surface area contributed by atoms with E-state index in [2.05, 4.69) is 0 Å². The summed E-state index contributed by atoms with van der Waals surface area (Å²) < 4.78 is 0. The van der Waals surface area contributed by atoms with Crippen LogP contribution in [0, 0.1) is 0 Å². The minimum Gasteiger partial charge on any atom is -1.00 e. The van der Waals surface area contributed by atoms with Gasteiger partial charge in [-0.3, -0.25) is 0 Å². The molecule has 0 aromatic heterocycles. The Bertz CT molecular complexity index is 14.9. The zero-order valence-electron chi connectivity index (χ0n) is 5.16. The summed E-state index contributed by atoms with van der Waals surface area (Å²) in [6.45, 7) is 2.00. The predicted octanol–water partition coefficient (Wildman–Crippen LogP) is 0.208. The quantitative estimate of drug-likeness (QED) is 0.375. The van der Waals surface area contributed by atoms with Gasteiger partial charge < -0.3 is 9.07 Å². The molecule has 0 aliphatic heterocycles. The van der Waals surface area contributed by atoms with Crippen LogP contribution in [0.3, 0.4) is 0 Å². The number of carbonyl (C=O) groups is 1. The van der Waals surface area contributed by atoms with Crippen LogP contribution in [0.5, 0.6) is 0 Å². The molecule has 4 heavy (non-hydrogen) atoms. The normalized spacial score (nSPS) is 1.00. The molecule has 1 nitrogen and oxygen atoms in total. The molecule has 0 spiro atoms. The Morgan fingerprint density at radius 2 is 1.50 bits per heavy atom. The summed E-state index contributed by atoms with van der Waals surface area (Å²) in [6, 6.07) is 0. The summed E-state index contributed by atoms with van der Waals surface area (Å²) in [5, 5.41) is 0. The van der Waals surface area contributed by atoms with Gasteiger partial charge in [0.05, 0.1) is 0 Å². The fraction of sp³-hybridized carbons (Fsp3) is 0. The summed E-state index contributed by atoms with van der Waals surface area (Å²) in [4.78, 5) is 8.00. The SMILES string of the molecule is C=O.P.[H-].[H-].[H-].[Rh+3]. The van der Waals surface area contributed by atoms with E-state index in [0.717, 1.165) is 0 Å². The van der Waals surface area contributed by atoms with E-state index in [9.17, 15) is 0 Å². The van der Waals surface area contributed by atoms with Crippen LogP contribution in [0.25, 0.3) is 0 Å². The molecule has 0 aliphatic rings. The van der Waals surface area contributed by atoms with Crippen LogP contribution in [0.2, 0.25) is 0 Å². The second kappa shape index (κ2) is 52.8. The van der Waals surface area contributed by atoms with Crippen LogP contribution >= 0.6 is 9.90 Å². The van der Waals surface area contributed by atoms with Crippen LogP contribution in [0.4, 0.5) is 0 Å². The summed E-state index contributed by atoms with van der Waals surface area (Å²) in [7, 11) is 0. The molecule has 0 fully saturated rings. The molecule has 0 aliphatic carbocycles. The maximum atomic E-state index is 8.00. The molecule has 0 aromatic rings. The van der Waals surface area contributed by atoms with E-state index in [-0.39, 0.29) is 33.7 Å². The van der Waals surface area contributed by atoms with Crippen LogP contribution in [0.15, 0.2) is 0 Å². The first-order valence-electron chi connectivity index (χ1n) is 0.289. The summed E-state index contributed by atoms with van der Waals surface area (Å²) in [5.41, 5.74) is 0. The Kier molecular flexibility index (Phi) is 291. The van der Waals surface area contributed by atoms with E-state index in [1.54, 1.807) is 0 Å². The molecule has 1 atom stereocenters. The number of rotatable bonds is 0. The summed E-state index contributed by atoms with van der Waals surface area (Å²) in [6.07, 6.45) is 0.